The second kappa shape index (κ2) is 4.67. The van der Waals surface area contributed by atoms with Gasteiger partial charge in [0.2, 0.25) is 0 Å². The molecular formula is C14H21NOSi. The number of nitrogens with one attached hydrogen (secondary N) is 1. The van der Waals surface area contributed by atoms with Crippen LogP contribution in [0.1, 0.15) is 18.3 Å². The Hall–Kier alpha value is -1.06. The van der Waals surface area contributed by atoms with Crippen molar-refractivity contribution in [2.24, 2.45) is 0 Å². The average Bonchev–Trinajstić information content (AvgIpc) is 2.67. The fourth-order valence-electron chi connectivity index (χ4n) is 2.21. The van der Waals surface area contributed by atoms with Gasteiger partial charge in [-0.3, -0.25) is 0 Å². The fourth-order valence-corrected chi connectivity index (χ4v) is 3.97. The molecule has 2 nitrogen and oxygen atoms in total. The van der Waals surface area contributed by atoms with Crippen LogP contribution < -0.4 is 0 Å². The summed E-state index contributed by atoms with van der Waals surface area (Å²) in [6.07, 6.45) is 0. The van der Waals surface area contributed by atoms with Crippen molar-refractivity contribution in [1.29, 1.82) is 0 Å². The summed E-state index contributed by atoms with van der Waals surface area (Å²) in [6, 6.07) is 10.6. The Morgan fingerprint density at radius 3 is 2.53 bits per heavy atom. The van der Waals surface area contributed by atoms with E-state index in [4.69, 9.17) is 4.74 Å². The number of hydrogen-bond donors (Lipinski definition) is 1. The van der Waals surface area contributed by atoms with Gasteiger partial charge in [-0.15, -0.1) is 0 Å². The molecule has 0 radical (unpaired) electrons. The number of fused-ring (bicyclic) bond motifs is 1. The quantitative estimate of drug-likeness (QED) is 0.808. The molecule has 1 aromatic heterocycles. The van der Waals surface area contributed by atoms with Crippen molar-refractivity contribution in [3.05, 3.63) is 36.0 Å². The highest BCUT2D eigenvalue weighted by atomic mass is 28.3. The number of hydrogen-bond acceptors (Lipinski definition) is 1. The molecule has 0 fully saturated rings. The summed E-state index contributed by atoms with van der Waals surface area (Å²) in [5, 5.41) is 1.27. The summed E-state index contributed by atoms with van der Waals surface area (Å²) in [4.78, 5) is 3.50. The third-order valence-electron chi connectivity index (χ3n) is 2.95. The van der Waals surface area contributed by atoms with E-state index in [1.165, 1.54) is 16.6 Å². The number of ether oxygens (including phenoxy) is 1. The second-order valence-electron chi connectivity index (χ2n) is 5.51. The van der Waals surface area contributed by atoms with Crippen LogP contribution in [0.25, 0.3) is 10.9 Å². The highest BCUT2D eigenvalue weighted by molar-refractivity contribution is 6.77. The van der Waals surface area contributed by atoms with Crippen molar-refractivity contribution in [2.75, 3.05) is 6.61 Å². The lowest BCUT2D eigenvalue weighted by Gasteiger charge is -2.27. The Kier molecular flexibility index (Phi) is 3.40. The van der Waals surface area contributed by atoms with E-state index in [0.29, 0.717) is 0 Å². The SMILES string of the molecule is CCOC(c1cc2ccccc2[nH]1)[Si](C)(C)C. The monoisotopic (exact) mass is 247 g/mol. The summed E-state index contributed by atoms with van der Waals surface area (Å²) in [7, 11) is -1.36. The lowest BCUT2D eigenvalue weighted by atomic mass is 10.2. The Balaban J connectivity index is 2.42. The lowest BCUT2D eigenvalue weighted by molar-refractivity contribution is 0.110. The van der Waals surface area contributed by atoms with E-state index in [9.17, 15) is 0 Å². The molecule has 2 rings (SSSR count). The van der Waals surface area contributed by atoms with Crippen LogP contribution >= 0.6 is 0 Å². The number of aromatic nitrogens is 1. The smallest absolute Gasteiger partial charge is 0.0863 e. The molecule has 0 aliphatic carbocycles. The zero-order valence-corrected chi connectivity index (χ0v) is 12.1. The molecule has 3 heteroatoms. The van der Waals surface area contributed by atoms with E-state index in [1.807, 2.05) is 0 Å². The summed E-state index contributed by atoms with van der Waals surface area (Å²) >= 11 is 0. The zero-order valence-electron chi connectivity index (χ0n) is 11.1. The molecule has 1 unspecified atom stereocenters. The summed E-state index contributed by atoms with van der Waals surface area (Å²) in [6.45, 7) is 9.87. The first-order chi connectivity index (χ1) is 8.02. The molecule has 0 aliphatic heterocycles. The first-order valence-electron chi connectivity index (χ1n) is 6.21. The number of aromatic amines is 1. The van der Waals surface area contributed by atoms with Gasteiger partial charge in [0.25, 0.3) is 0 Å². The van der Waals surface area contributed by atoms with Crippen LogP contribution in [0.2, 0.25) is 19.6 Å². The van der Waals surface area contributed by atoms with Gasteiger partial charge in [0, 0.05) is 17.8 Å². The molecular weight excluding hydrogens is 226 g/mol. The fraction of sp³-hybridized carbons (Fsp3) is 0.429. The van der Waals surface area contributed by atoms with E-state index in [2.05, 4.69) is 61.9 Å². The highest BCUT2D eigenvalue weighted by Crippen LogP contribution is 2.30. The Bertz CT molecular complexity index is 465. The van der Waals surface area contributed by atoms with Gasteiger partial charge in [0.05, 0.1) is 13.8 Å². The first-order valence-corrected chi connectivity index (χ1v) is 9.79. The molecule has 0 spiro atoms. The largest absolute Gasteiger partial charge is 0.376 e. The number of H-pyrrole nitrogens is 1. The molecule has 0 saturated carbocycles. The Labute approximate surface area is 104 Å². The van der Waals surface area contributed by atoms with Gasteiger partial charge < -0.3 is 9.72 Å². The third-order valence-corrected chi connectivity index (χ3v) is 5.00. The minimum atomic E-state index is -1.36. The lowest BCUT2D eigenvalue weighted by Crippen LogP contribution is -2.33. The van der Waals surface area contributed by atoms with E-state index in [0.717, 1.165) is 6.61 Å². The molecule has 0 amide bonds. The number of rotatable bonds is 4. The van der Waals surface area contributed by atoms with Gasteiger partial charge in [-0.05, 0) is 24.4 Å². The van der Waals surface area contributed by atoms with Crippen molar-refractivity contribution in [2.45, 2.75) is 32.3 Å². The topological polar surface area (TPSA) is 25.0 Å². The molecule has 1 atom stereocenters. The second-order valence-corrected chi connectivity index (χ2v) is 10.8. The maximum Gasteiger partial charge on any atom is 0.0863 e. The third kappa shape index (κ3) is 2.61. The molecule has 1 aromatic carbocycles. The number of para-hydroxylation sites is 1. The molecule has 1 heterocycles. The Morgan fingerprint density at radius 1 is 1.24 bits per heavy atom. The maximum absolute atomic E-state index is 5.95. The predicted octanol–water partition coefficient (Wildman–Crippen LogP) is 4.12. The minimum Gasteiger partial charge on any atom is -0.376 e. The van der Waals surface area contributed by atoms with Crippen LogP contribution in [-0.2, 0) is 4.74 Å². The molecule has 92 valence electrons. The molecule has 2 aromatic rings. The van der Waals surface area contributed by atoms with Crippen LogP contribution in [0.15, 0.2) is 30.3 Å². The van der Waals surface area contributed by atoms with Crippen LogP contribution in [-0.4, -0.2) is 19.7 Å². The van der Waals surface area contributed by atoms with E-state index in [1.54, 1.807) is 0 Å². The van der Waals surface area contributed by atoms with Crippen molar-refractivity contribution in [3.63, 3.8) is 0 Å². The minimum absolute atomic E-state index is 0.250. The molecule has 0 saturated heterocycles. The van der Waals surface area contributed by atoms with Crippen LogP contribution in [0.3, 0.4) is 0 Å². The summed E-state index contributed by atoms with van der Waals surface area (Å²) in [5.74, 6) is 0. The van der Waals surface area contributed by atoms with E-state index in [-0.39, 0.29) is 5.73 Å². The van der Waals surface area contributed by atoms with Gasteiger partial charge >= 0.3 is 0 Å². The van der Waals surface area contributed by atoms with Gasteiger partial charge in [0.1, 0.15) is 0 Å². The van der Waals surface area contributed by atoms with Gasteiger partial charge in [-0.1, -0.05) is 37.8 Å². The van der Waals surface area contributed by atoms with Gasteiger partial charge in [-0.2, -0.15) is 0 Å². The van der Waals surface area contributed by atoms with Gasteiger partial charge in [0.15, 0.2) is 0 Å². The van der Waals surface area contributed by atoms with Crippen LogP contribution in [0.5, 0.6) is 0 Å². The van der Waals surface area contributed by atoms with E-state index >= 15 is 0 Å². The molecule has 0 bridgehead atoms. The summed E-state index contributed by atoms with van der Waals surface area (Å²) in [5.41, 5.74) is 2.68. The average molecular weight is 247 g/mol. The van der Waals surface area contributed by atoms with Crippen LogP contribution in [0.4, 0.5) is 0 Å². The molecule has 1 N–H and O–H groups in total. The molecule has 17 heavy (non-hydrogen) atoms. The normalized spacial score (nSPS) is 14.1. The first kappa shape index (κ1) is 12.4. The van der Waals surface area contributed by atoms with Crippen molar-refractivity contribution in [3.8, 4) is 0 Å². The van der Waals surface area contributed by atoms with Gasteiger partial charge in [-0.25, -0.2) is 0 Å². The van der Waals surface area contributed by atoms with Crippen molar-refractivity contribution >= 4 is 19.0 Å². The number of benzene rings is 1. The maximum atomic E-state index is 5.95. The standard InChI is InChI=1S/C14H21NOSi/c1-5-16-14(17(2,3)4)13-10-11-8-6-7-9-12(11)15-13/h6-10,14-15H,5H2,1-4H3. The van der Waals surface area contributed by atoms with Crippen molar-refractivity contribution < 1.29 is 4.74 Å². The van der Waals surface area contributed by atoms with Crippen molar-refractivity contribution in [1.82, 2.24) is 4.98 Å². The highest BCUT2D eigenvalue weighted by Gasteiger charge is 2.30. The zero-order chi connectivity index (χ0) is 12.5. The predicted molar refractivity (Wildman–Crippen MR) is 76.0 cm³/mol. The van der Waals surface area contributed by atoms with E-state index < -0.39 is 8.07 Å². The molecule has 0 aliphatic rings. The summed E-state index contributed by atoms with van der Waals surface area (Å²) < 4.78 is 5.95. The van der Waals surface area contributed by atoms with Crippen LogP contribution in [0, 0.1) is 0 Å². The Morgan fingerprint density at radius 2 is 1.94 bits per heavy atom.